The Labute approximate surface area is 137 Å². The lowest BCUT2D eigenvalue weighted by Crippen LogP contribution is -2.23. The highest BCUT2D eigenvalue weighted by Gasteiger charge is 2.30. The lowest BCUT2D eigenvalue weighted by atomic mass is 10.1. The average Bonchev–Trinajstić information content (AvgIpc) is 2.32. The second-order valence-electron chi connectivity index (χ2n) is 5.49. The highest BCUT2D eigenvalue weighted by atomic mass is 32.1. The van der Waals surface area contributed by atoms with E-state index in [1.807, 2.05) is 0 Å². The van der Waals surface area contributed by atoms with E-state index in [0.717, 1.165) is 6.07 Å². The number of thiol groups is 1. The van der Waals surface area contributed by atoms with Gasteiger partial charge in [-0.1, -0.05) is 32.9 Å². The minimum atomic E-state index is -4.78. The summed E-state index contributed by atoms with van der Waals surface area (Å²) in [4.78, 5) is 0. The molecule has 1 unspecified atom stereocenters. The molecule has 1 aromatic rings. The van der Waals surface area contributed by atoms with Crippen LogP contribution in [0.4, 0.5) is 22.0 Å². The predicted molar refractivity (Wildman–Crippen MR) is 80.7 cm³/mol. The smallest absolute Gasteiger partial charge is 0.435 e. The van der Waals surface area contributed by atoms with Gasteiger partial charge in [-0.05, 0) is 17.7 Å². The SMILES string of the molecule is CC(C)(C)S.NC(COC(F)(F)F)c1cccc(OC(F)F)c1. The highest BCUT2D eigenvalue weighted by molar-refractivity contribution is 7.81. The third-order valence-electron chi connectivity index (χ3n) is 1.94. The molecule has 0 spiro atoms. The lowest BCUT2D eigenvalue weighted by Gasteiger charge is -2.15. The molecule has 9 heteroatoms. The Morgan fingerprint density at radius 2 is 1.70 bits per heavy atom. The van der Waals surface area contributed by atoms with Gasteiger partial charge in [-0.2, -0.15) is 21.4 Å². The van der Waals surface area contributed by atoms with Crippen molar-refractivity contribution in [3.8, 4) is 5.75 Å². The molecule has 0 radical (unpaired) electrons. The monoisotopic (exact) mass is 361 g/mol. The lowest BCUT2D eigenvalue weighted by molar-refractivity contribution is -0.326. The minimum absolute atomic E-state index is 0.176. The Morgan fingerprint density at radius 1 is 1.17 bits per heavy atom. The first-order valence-electron chi connectivity index (χ1n) is 6.51. The number of ether oxygens (including phenoxy) is 2. The van der Waals surface area contributed by atoms with E-state index in [1.54, 1.807) is 0 Å². The Kier molecular flexibility index (Phi) is 8.86. The summed E-state index contributed by atoms with van der Waals surface area (Å²) in [7, 11) is 0. The van der Waals surface area contributed by atoms with E-state index in [9.17, 15) is 22.0 Å². The fourth-order valence-corrected chi connectivity index (χ4v) is 1.20. The fourth-order valence-electron chi connectivity index (χ4n) is 1.20. The summed E-state index contributed by atoms with van der Waals surface area (Å²) in [5.74, 6) is -0.176. The minimum Gasteiger partial charge on any atom is -0.435 e. The molecule has 0 saturated heterocycles. The van der Waals surface area contributed by atoms with Crippen LogP contribution in [0.3, 0.4) is 0 Å². The van der Waals surface area contributed by atoms with Crippen molar-refractivity contribution in [1.29, 1.82) is 0 Å². The molecule has 0 saturated carbocycles. The Morgan fingerprint density at radius 3 is 2.13 bits per heavy atom. The summed E-state index contributed by atoms with van der Waals surface area (Å²) in [5.41, 5.74) is 5.64. The van der Waals surface area contributed by atoms with Gasteiger partial charge in [0, 0.05) is 4.75 Å². The van der Waals surface area contributed by atoms with Crippen LogP contribution in [0.1, 0.15) is 32.4 Å². The normalized spacial score (nSPS) is 13.3. The van der Waals surface area contributed by atoms with Gasteiger partial charge in [0.15, 0.2) is 0 Å². The molecule has 1 atom stereocenters. The molecule has 0 heterocycles. The second-order valence-corrected chi connectivity index (χ2v) is 6.83. The largest absolute Gasteiger partial charge is 0.522 e. The molecular weight excluding hydrogens is 341 g/mol. The molecule has 1 rings (SSSR count). The molecule has 0 aromatic heterocycles. The molecule has 0 aliphatic carbocycles. The van der Waals surface area contributed by atoms with E-state index in [4.69, 9.17) is 5.73 Å². The van der Waals surface area contributed by atoms with Crippen LogP contribution in [0.2, 0.25) is 0 Å². The molecule has 1 aromatic carbocycles. The summed E-state index contributed by atoms with van der Waals surface area (Å²) >= 11 is 4.12. The number of hydrogen-bond acceptors (Lipinski definition) is 4. The van der Waals surface area contributed by atoms with Crippen molar-refractivity contribution < 1.29 is 31.4 Å². The van der Waals surface area contributed by atoms with Crippen LogP contribution >= 0.6 is 12.6 Å². The van der Waals surface area contributed by atoms with E-state index in [-0.39, 0.29) is 16.1 Å². The highest BCUT2D eigenvalue weighted by Crippen LogP contribution is 2.23. The molecule has 2 N–H and O–H groups in total. The first kappa shape index (κ1) is 21.9. The zero-order valence-electron chi connectivity index (χ0n) is 12.9. The summed E-state index contributed by atoms with van der Waals surface area (Å²) < 4.78 is 67.1. The zero-order valence-corrected chi connectivity index (χ0v) is 13.8. The van der Waals surface area contributed by atoms with Crippen LogP contribution < -0.4 is 10.5 Å². The van der Waals surface area contributed by atoms with Gasteiger partial charge in [0.05, 0.1) is 12.6 Å². The van der Waals surface area contributed by atoms with Gasteiger partial charge in [-0.3, -0.25) is 4.74 Å². The number of rotatable bonds is 5. The molecule has 0 fully saturated rings. The van der Waals surface area contributed by atoms with Crippen LogP contribution in [-0.2, 0) is 4.74 Å². The second kappa shape index (κ2) is 9.29. The number of benzene rings is 1. The molecule has 0 amide bonds. The zero-order chi connectivity index (χ0) is 18.3. The van der Waals surface area contributed by atoms with Crippen LogP contribution in [0.5, 0.6) is 5.75 Å². The molecule has 23 heavy (non-hydrogen) atoms. The van der Waals surface area contributed by atoms with E-state index in [2.05, 4.69) is 42.9 Å². The maximum atomic E-state index is 11.9. The van der Waals surface area contributed by atoms with E-state index < -0.39 is 25.6 Å². The number of hydrogen-bond donors (Lipinski definition) is 2. The summed E-state index contributed by atoms with van der Waals surface area (Å²) in [6.07, 6.45) is -4.78. The van der Waals surface area contributed by atoms with Gasteiger partial charge in [0.2, 0.25) is 0 Å². The molecule has 0 aliphatic heterocycles. The molecule has 0 bridgehead atoms. The molecule has 3 nitrogen and oxygen atoms in total. The molecule has 0 aliphatic rings. The van der Waals surface area contributed by atoms with Crippen LogP contribution in [0.15, 0.2) is 24.3 Å². The maximum absolute atomic E-state index is 11.9. The topological polar surface area (TPSA) is 44.5 Å². The summed E-state index contributed by atoms with van der Waals surface area (Å²) in [5, 5.41) is 0. The van der Waals surface area contributed by atoms with Crippen LogP contribution in [-0.4, -0.2) is 24.3 Å². The number of nitrogens with two attached hydrogens (primary N) is 1. The number of alkyl halides is 5. The standard InChI is InChI=1S/C10H10F5NO2.C4H10S/c11-9(12)18-7-3-1-2-6(4-7)8(16)5-17-10(13,14)15;1-4(2,3)5/h1-4,8-9H,5,16H2;5H,1-3H3. The van der Waals surface area contributed by atoms with Crippen LogP contribution in [0.25, 0.3) is 0 Å². The Bertz CT molecular complexity index is 457. The van der Waals surface area contributed by atoms with E-state index in [0.29, 0.717) is 0 Å². The predicted octanol–water partition coefficient (Wildman–Crippen LogP) is 4.54. The van der Waals surface area contributed by atoms with Crippen LogP contribution in [0, 0.1) is 0 Å². The Balaban J connectivity index is 0.000000841. The quantitative estimate of drug-likeness (QED) is 0.598. The van der Waals surface area contributed by atoms with Gasteiger partial charge >= 0.3 is 13.0 Å². The summed E-state index contributed by atoms with van der Waals surface area (Å²) in [6.45, 7) is 2.34. The van der Waals surface area contributed by atoms with Crippen molar-refractivity contribution in [2.75, 3.05) is 6.61 Å². The third kappa shape index (κ3) is 14.3. The van der Waals surface area contributed by atoms with Crippen molar-refractivity contribution in [2.45, 2.75) is 44.5 Å². The van der Waals surface area contributed by atoms with Gasteiger partial charge in [0.1, 0.15) is 5.75 Å². The summed E-state index contributed by atoms with van der Waals surface area (Å²) in [6, 6.07) is 4.03. The van der Waals surface area contributed by atoms with Crippen molar-refractivity contribution in [1.82, 2.24) is 0 Å². The van der Waals surface area contributed by atoms with E-state index >= 15 is 0 Å². The van der Waals surface area contributed by atoms with Crippen molar-refractivity contribution in [2.24, 2.45) is 5.73 Å². The van der Waals surface area contributed by atoms with Gasteiger partial charge < -0.3 is 10.5 Å². The first-order valence-corrected chi connectivity index (χ1v) is 6.96. The first-order chi connectivity index (χ1) is 10.3. The molecule has 134 valence electrons. The fraction of sp³-hybridized carbons (Fsp3) is 0.571. The van der Waals surface area contributed by atoms with Crippen molar-refractivity contribution in [3.05, 3.63) is 29.8 Å². The third-order valence-corrected chi connectivity index (χ3v) is 1.94. The average molecular weight is 361 g/mol. The maximum Gasteiger partial charge on any atom is 0.522 e. The van der Waals surface area contributed by atoms with Crippen molar-refractivity contribution in [3.63, 3.8) is 0 Å². The van der Waals surface area contributed by atoms with E-state index in [1.165, 1.54) is 18.2 Å². The number of halogens is 5. The van der Waals surface area contributed by atoms with Gasteiger partial charge in [-0.15, -0.1) is 13.2 Å². The van der Waals surface area contributed by atoms with Gasteiger partial charge in [-0.25, -0.2) is 0 Å². The van der Waals surface area contributed by atoms with Crippen molar-refractivity contribution >= 4 is 12.6 Å². The van der Waals surface area contributed by atoms with Gasteiger partial charge in [0.25, 0.3) is 0 Å². The molecular formula is C14H20F5NO2S. The Hall–Kier alpha value is -1.06.